The van der Waals surface area contributed by atoms with Crippen LogP contribution in [0.1, 0.15) is 17.7 Å². The third kappa shape index (κ3) is 3.98. The smallest absolute Gasteiger partial charge is 0.388 e. The van der Waals surface area contributed by atoms with E-state index < -0.39 is 51.4 Å². The first-order valence-electron chi connectivity index (χ1n) is 4.76. The lowest BCUT2D eigenvalue weighted by molar-refractivity contribution is -0.276. The van der Waals surface area contributed by atoms with Crippen LogP contribution in [0.2, 0.25) is 0 Å². The molecule has 0 saturated heterocycles. The molecule has 0 aliphatic heterocycles. The molecule has 0 bridgehead atoms. The predicted molar refractivity (Wildman–Crippen MR) is 55.1 cm³/mol. The molecule has 0 saturated carbocycles. The van der Waals surface area contributed by atoms with E-state index in [9.17, 15) is 30.4 Å². The van der Waals surface area contributed by atoms with Crippen LogP contribution < -0.4 is 15.6 Å². The molecule has 1 heterocycles. The van der Waals surface area contributed by atoms with E-state index >= 15 is 0 Å². The van der Waals surface area contributed by atoms with Crippen LogP contribution in [0.15, 0.2) is 11.0 Å². The lowest BCUT2D eigenvalue weighted by atomic mass is 10.2. The number of ether oxygens (including phenoxy) is 1. The first-order chi connectivity index (χ1) is 8.95. The van der Waals surface area contributed by atoms with E-state index in [-0.39, 0.29) is 0 Å². The average molecular weight is 321 g/mol. The van der Waals surface area contributed by atoms with Crippen LogP contribution in [0.5, 0.6) is 5.88 Å². The van der Waals surface area contributed by atoms with Crippen LogP contribution in [-0.2, 0) is 16.6 Å². The Morgan fingerprint density at radius 1 is 1.35 bits per heavy atom. The minimum atomic E-state index is -5.20. The summed E-state index contributed by atoms with van der Waals surface area (Å²) in [5.41, 5.74) is 3.12. The lowest BCUT2D eigenvalue weighted by Crippen LogP contribution is -2.22. The van der Waals surface area contributed by atoms with Crippen LogP contribution >= 0.6 is 0 Å². The van der Waals surface area contributed by atoms with E-state index in [1.165, 1.54) is 0 Å². The zero-order valence-corrected chi connectivity index (χ0v) is 10.3. The van der Waals surface area contributed by atoms with Crippen LogP contribution in [0, 0.1) is 0 Å². The third-order valence-electron chi connectivity index (χ3n) is 2.00. The molecular weight excluding hydrogens is 313 g/mol. The number of hydrogen-bond donors (Lipinski definition) is 2. The molecule has 0 aliphatic carbocycles. The SMILES string of the molecule is NCc1cc(S(N)(=O)=O)c(C(F)F)nc1OC(F)(F)F. The summed E-state index contributed by atoms with van der Waals surface area (Å²) in [5, 5.41) is 4.69. The highest BCUT2D eigenvalue weighted by Crippen LogP contribution is 2.31. The summed E-state index contributed by atoms with van der Waals surface area (Å²) in [6, 6.07) is 0.477. The maximum atomic E-state index is 12.7. The molecular formula is C8H8F5N3O3S. The Bertz CT molecular complexity index is 602. The summed E-state index contributed by atoms with van der Waals surface area (Å²) in [4.78, 5) is 1.75. The number of hydrogen-bond acceptors (Lipinski definition) is 5. The van der Waals surface area contributed by atoms with Crippen molar-refractivity contribution in [3.63, 3.8) is 0 Å². The molecule has 114 valence electrons. The van der Waals surface area contributed by atoms with Gasteiger partial charge in [-0.25, -0.2) is 27.3 Å². The van der Waals surface area contributed by atoms with Gasteiger partial charge < -0.3 is 10.5 Å². The van der Waals surface area contributed by atoms with E-state index in [0.29, 0.717) is 6.07 Å². The first kappa shape index (κ1) is 16.5. The third-order valence-corrected chi connectivity index (χ3v) is 2.94. The van der Waals surface area contributed by atoms with Crippen LogP contribution in [0.4, 0.5) is 22.0 Å². The zero-order valence-electron chi connectivity index (χ0n) is 9.49. The van der Waals surface area contributed by atoms with Crippen molar-refractivity contribution in [3.8, 4) is 5.88 Å². The molecule has 1 aromatic rings. The Hall–Kier alpha value is -1.53. The molecule has 0 atom stereocenters. The Balaban J connectivity index is 3.54. The minimum Gasteiger partial charge on any atom is -0.388 e. The van der Waals surface area contributed by atoms with Crippen molar-refractivity contribution in [1.82, 2.24) is 4.98 Å². The summed E-state index contributed by atoms with van der Waals surface area (Å²) in [7, 11) is -4.61. The highest BCUT2D eigenvalue weighted by molar-refractivity contribution is 7.89. The molecule has 0 spiro atoms. The van der Waals surface area contributed by atoms with E-state index in [4.69, 9.17) is 10.9 Å². The lowest BCUT2D eigenvalue weighted by Gasteiger charge is -2.14. The fraction of sp³-hybridized carbons (Fsp3) is 0.375. The van der Waals surface area contributed by atoms with Gasteiger partial charge in [0.25, 0.3) is 6.43 Å². The number of rotatable bonds is 4. The molecule has 0 radical (unpaired) electrons. The summed E-state index contributed by atoms with van der Waals surface area (Å²) < 4.78 is 87.3. The van der Waals surface area contributed by atoms with Crippen molar-refractivity contribution < 1.29 is 35.1 Å². The number of halogens is 5. The van der Waals surface area contributed by atoms with Gasteiger partial charge in [0, 0.05) is 12.1 Å². The normalized spacial score (nSPS) is 12.8. The molecule has 0 fully saturated rings. The number of pyridine rings is 1. The fourth-order valence-electron chi connectivity index (χ4n) is 1.26. The van der Waals surface area contributed by atoms with Crippen LogP contribution in [0.3, 0.4) is 0 Å². The van der Waals surface area contributed by atoms with Gasteiger partial charge >= 0.3 is 6.36 Å². The van der Waals surface area contributed by atoms with Gasteiger partial charge in [-0.2, -0.15) is 0 Å². The number of nitrogens with two attached hydrogens (primary N) is 2. The molecule has 0 aliphatic rings. The summed E-state index contributed by atoms with van der Waals surface area (Å²) in [6.07, 6.45) is -8.66. The molecule has 0 amide bonds. The standard InChI is InChI=1S/C8H8F5N3O3S/c9-6(10)5-4(20(15,17)18)1-3(2-14)7(16-5)19-8(11,12)13/h1,6H,2,14H2,(H2,15,17,18). The number of sulfonamides is 1. The first-order valence-corrected chi connectivity index (χ1v) is 6.31. The molecule has 6 nitrogen and oxygen atoms in total. The summed E-state index contributed by atoms with van der Waals surface area (Å²) >= 11 is 0. The molecule has 4 N–H and O–H groups in total. The minimum absolute atomic E-state index is 0.477. The van der Waals surface area contributed by atoms with E-state index in [1.54, 1.807) is 0 Å². The average Bonchev–Trinajstić information content (AvgIpc) is 2.24. The summed E-state index contributed by atoms with van der Waals surface area (Å²) in [5.74, 6) is -1.25. The largest absolute Gasteiger partial charge is 0.574 e. The van der Waals surface area contributed by atoms with Crippen molar-refractivity contribution >= 4 is 10.0 Å². The van der Waals surface area contributed by atoms with Crippen molar-refractivity contribution in [3.05, 3.63) is 17.3 Å². The van der Waals surface area contributed by atoms with Gasteiger partial charge in [-0.15, -0.1) is 13.2 Å². The quantitative estimate of drug-likeness (QED) is 0.805. The molecule has 1 rings (SSSR count). The zero-order chi connectivity index (χ0) is 15.7. The van der Waals surface area contributed by atoms with Gasteiger partial charge in [-0.3, -0.25) is 0 Å². The second kappa shape index (κ2) is 5.46. The molecule has 1 aromatic heterocycles. The maximum absolute atomic E-state index is 12.7. The highest BCUT2D eigenvalue weighted by Gasteiger charge is 2.34. The van der Waals surface area contributed by atoms with Gasteiger partial charge in [0.15, 0.2) is 0 Å². The topological polar surface area (TPSA) is 108 Å². The van der Waals surface area contributed by atoms with Gasteiger partial charge in [0.05, 0.1) is 0 Å². The molecule has 0 unspecified atom stereocenters. The Morgan fingerprint density at radius 3 is 2.25 bits per heavy atom. The Labute approximate surface area is 109 Å². The van der Waals surface area contributed by atoms with Crippen molar-refractivity contribution in [2.45, 2.75) is 24.2 Å². The predicted octanol–water partition coefficient (Wildman–Crippen LogP) is 1.02. The second-order valence-electron chi connectivity index (χ2n) is 3.43. The van der Waals surface area contributed by atoms with Crippen LogP contribution in [0.25, 0.3) is 0 Å². The van der Waals surface area contributed by atoms with E-state index in [0.717, 1.165) is 0 Å². The van der Waals surface area contributed by atoms with E-state index in [2.05, 4.69) is 9.72 Å². The maximum Gasteiger partial charge on any atom is 0.574 e. The Kier molecular flexibility index (Phi) is 4.51. The number of nitrogens with zero attached hydrogens (tertiary/aromatic N) is 1. The van der Waals surface area contributed by atoms with Gasteiger partial charge in [-0.1, -0.05) is 0 Å². The van der Waals surface area contributed by atoms with Crippen molar-refractivity contribution in [2.24, 2.45) is 10.9 Å². The van der Waals surface area contributed by atoms with Crippen LogP contribution in [-0.4, -0.2) is 19.8 Å². The van der Waals surface area contributed by atoms with E-state index in [1.807, 2.05) is 0 Å². The number of aromatic nitrogens is 1. The Morgan fingerprint density at radius 2 is 1.90 bits per heavy atom. The highest BCUT2D eigenvalue weighted by atomic mass is 32.2. The second-order valence-corrected chi connectivity index (χ2v) is 4.96. The molecule has 12 heteroatoms. The van der Waals surface area contributed by atoms with Gasteiger partial charge in [0.2, 0.25) is 15.9 Å². The monoisotopic (exact) mass is 321 g/mol. The van der Waals surface area contributed by atoms with Gasteiger partial charge in [-0.05, 0) is 6.07 Å². The fourth-order valence-corrected chi connectivity index (χ4v) is 1.99. The molecule has 20 heavy (non-hydrogen) atoms. The van der Waals surface area contributed by atoms with Crippen molar-refractivity contribution in [1.29, 1.82) is 0 Å². The number of alkyl halides is 5. The summed E-state index contributed by atoms with van der Waals surface area (Å²) in [6.45, 7) is -0.621. The molecule has 0 aromatic carbocycles. The van der Waals surface area contributed by atoms with Gasteiger partial charge in [0.1, 0.15) is 10.6 Å². The van der Waals surface area contributed by atoms with Crippen molar-refractivity contribution in [2.75, 3.05) is 0 Å². The number of primary sulfonamides is 1.